The summed E-state index contributed by atoms with van der Waals surface area (Å²) >= 11 is 0. The molecule has 0 bridgehead atoms. The number of hydrogen-bond donors (Lipinski definition) is 1. The van der Waals surface area contributed by atoms with Crippen molar-refractivity contribution >= 4 is 17.4 Å². The normalized spacial score (nSPS) is 14.9. The lowest BCUT2D eigenvalue weighted by Gasteiger charge is -2.31. The Labute approximate surface area is 141 Å². The average molecular weight is 321 g/mol. The van der Waals surface area contributed by atoms with Gasteiger partial charge in [-0.2, -0.15) is 5.26 Å². The number of nitrogens with zero attached hydrogens (tertiary/aromatic N) is 4. The Morgan fingerprint density at radius 2 is 2.08 bits per heavy atom. The maximum Gasteiger partial charge on any atom is 0.274 e. The van der Waals surface area contributed by atoms with Crippen molar-refractivity contribution in [2.24, 2.45) is 5.92 Å². The van der Waals surface area contributed by atoms with Crippen molar-refractivity contribution in [3.8, 4) is 6.07 Å². The molecule has 2 aromatic rings. The topological polar surface area (TPSA) is 81.9 Å². The number of carbonyl (C=O) groups excluding carboxylic acids is 1. The van der Waals surface area contributed by atoms with E-state index in [2.05, 4.69) is 33.2 Å². The maximum atomic E-state index is 12.4. The monoisotopic (exact) mass is 321 g/mol. The van der Waals surface area contributed by atoms with Gasteiger partial charge in [0.25, 0.3) is 5.91 Å². The molecule has 0 saturated carbocycles. The molecule has 1 aromatic heterocycles. The molecule has 1 aliphatic heterocycles. The van der Waals surface area contributed by atoms with Gasteiger partial charge in [0.05, 0.1) is 11.6 Å². The van der Waals surface area contributed by atoms with E-state index in [1.54, 1.807) is 30.3 Å². The number of amides is 1. The smallest absolute Gasteiger partial charge is 0.274 e. The Morgan fingerprint density at radius 3 is 2.83 bits per heavy atom. The van der Waals surface area contributed by atoms with Gasteiger partial charge in [-0.1, -0.05) is 13.0 Å². The molecule has 0 atom stereocenters. The first-order chi connectivity index (χ1) is 11.7. The van der Waals surface area contributed by atoms with Gasteiger partial charge in [0.15, 0.2) is 0 Å². The van der Waals surface area contributed by atoms with Crippen LogP contribution in [0.3, 0.4) is 0 Å². The third kappa shape index (κ3) is 3.69. The van der Waals surface area contributed by atoms with E-state index < -0.39 is 0 Å². The van der Waals surface area contributed by atoms with Gasteiger partial charge in [0.1, 0.15) is 17.8 Å². The molecule has 1 aliphatic rings. The standard InChI is InChI=1S/C18H19N5O/c1-13-5-7-23(8-6-13)17-10-16(20-12-21-17)18(24)22-15-4-2-3-14(9-15)11-19/h2-4,9-10,12-13H,5-8H2,1H3,(H,22,24). The minimum Gasteiger partial charge on any atom is -0.356 e. The van der Waals surface area contributed by atoms with Crippen LogP contribution in [0.15, 0.2) is 36.7 Å². The Morgan fingerprint density at radius 1 is 1.29 bits per heavy atom. The van der Waals surface area contributed by atoms with Crippen LogP contribution in [-0.2, 0) is 0 Å². The molecule has 0 aliphatic carbocycles. The van der Waals surface area contributed by atoms with E-state index in [9.17, 15) is 4.79 Å². The first-order valence-electron chi connectivity index (χ1n) is 8.04. The van der Waals surface area contributed by atoms with E-state index in [4.69, 9.17) is 5.26 Å². The molecular weight excluding hydrogens is 302 g/mol. The van der Waals surface area contributed by atoms with Gasteiger partial charge >= 0.3 is 0 Å². The lowest BCUT2D eigenvalue weighted by molar-refractivity contribution is 0.102. The second kappa shape index (κ2) is 7.09. The number of aromatic nitrogens is 2. The summed E-state index contributed by atoms with van der Waals surface area (Å²) in [6.07, 6.45) is 3.69. The number of nitrogens with one attached hydrogen (secondary N) is 1. The third-order valence-electron chi connectivity index (χ3n) is 4.24. The van der Waals surface area contributed by atoms with Crippen molar-refractivity contribution in [2.75, 3.05) is 23.3 Å². The zero-order valence-electron chi connectivity index (χ0n) is 13.6. The van der Waals surface area contributed by atoms with Crippen LogP contribution in [0.25, 0.3) is 0 Å². The Bertz CT molecular complexity index is 775. The molecule has 6 heteroatoms. The fourth-order valence-corrected chi connectivity index (χ4v) is 2.74. The third-order valence-corrected chi connectivity index (χ3v) is 4.24. The highest BCUT2D eigenvalue weighted by Gasteiger charge is 2.18. The molecule has 1 fully saturated rings. The van der Waals surface area contributed by atoms with E-state index in [-0.39, 0.29) is 5.91 Å². The van der Waals surface area contributed by atoms with Crippen LogP contribution in [-0.4, -0.2) is 29.0 Å². The Hall–Kier alpha value is -2.94. The SMILES string of the molecule is CC1CCN(c2cc(C(=O)Nc3cccc(C#N)c3)ncn2)CC1. The Kier molecular flexibility index (Phi) is 4.71. The van der Waals surface area contributed by atoms with E-state index in [1.807, 2.05) is 0 Å². The van der Waals surface area contributed by atoms with Crippen LogP contribution in [0.1, 0.15) is 35.8 Å². The zero-order valence-corrected chi connectivity index (χ0v) is 13.6. The van der Waals surface area contributed by atoms with Crippen molar-refractivity contribution in [1.82, 2.24) is 9.97 Å². The fourth-order valence-electron chi connectivity index (χ4n) is 2.74. The minimum absolute atomic E-state index is 0.306. The van der Waals surface area contributed by atoms with Gasteiger partial charge in [0.2, 0.25) is 0 Å². The van der Waals surface area contributed by atoms with E-state index >= 15 is 0 Å². The molecule has 0 unspecified atom stereocenters. The largest absolute Gasteiger partial charge is 0.356 e. The van der Waals surface area contributed by atoms with Gasteiger partial charge in [0, 0.05) is 24.8 Å². The highest BCUT2D eigenvalue weighted by atomic mass is 16.1. The van der Waals surface area contributed by atoms with Crippen molar-refractivity contribution in [1.29, 1.82) is 5.26 Å². The summed E-state index contributed by atoms with van der Waals surface area (Å²) in [7, 11) is 0. The maximum absolute atomic E-state index is 12.4. The predicted octanol–water partition coefficient (Wildman–Crippen LogP) is 2.84. The molecule has 0 spiro atoms. The van der Waals surface area contributed by atoms with E-state index in [1.165, 1.54) is 6.33 Å². The molecule has 122 valence electrons. The molecule has 1 amide bonds. The number of anilines is 2. The number of nitriles is 1. The molecule has 1 saturated heterocycles. The van der Waals surface area contributed by atoms with Crippen LogP contribution in [0.2, 0.25) is 0 Å². The van der Waals surface area contributed by atoms with Gasteiger partial charge in [-0.25, -0.2) is 9.97 Å². The van der Waals surface area contributed by atoms with Gasteiger partial charge < -0.3 is 10.2 Å². The molecule has 2 heterocycles. The molecule has 6 nitrogen and oxygen atoms in total. The lowest BCUT2D eigenvalue weighted by atomic mass is 9.99. The van der Waals surface area contributed by atoms with Gasteiger partial charge in [-0.3, -0.25) is 4.79 Å². The Balaban J connectivity index is 1.73. The fraction of sp³-hybridized carbons (Fsp3) is 0.333. The van der Waals surface area contributed by atoms with E-state index in [0.29, 0.717) is 16.9 Å². The number of benzene rings is 1. The zero-order chi connectivity index (χ0) is 16.9. The first-order valence-corrected chi connectivity index (χ1v) is 8.04. The summed E-state index contributed by atoms with van der Waals surface area (Å²) in [5, 5.41) is 11.7. The second-order valence-electron chi connectivity index (χ2n) is 6.08. The molecule has 0 radical (unpaired) electrons. The summed E-state index contributed by atoms with van der Waals surface area (Å²) in [6.45, 7) is 4.15. The summed E-state index contributed by atoms with van der Waals surface area (Å²) in [6, 6.07) is 10.6. The molecule has 24 heavy (non-hydrogen) atoms. The molecule has 1 N–H and O–H groups in total. The molecule has 1 aromatic carbocycles. The van der Waals surface area contributed by atoms with E-state index in [0.717, 1.165) is 37.7 Å². The van der Waals surface area contributed by atoms with Crippen LogP contribution in [0, 0.1) is 17.2 Å². The van der Waals surface area contributed by atoms with Gasteiger partial charge in [-0.05, 0) is 37.0 Å². The second-order valence-corrected chi connectivity index (χ2v) is 6.08. The number of rotatable bonds is 3. The summed E-state index contributed by atoms with van der Waals surface area (Å²) in [4.78, 5) is 23.0. The van der Waals surface area contributed by atoms with Crippen LogP contribution < -0.4 is 10.2 Å². The molecular formula is C18H19N5O. The van der Waals surface area contributed by atoms with Crippen LogP contribution in [0.5, 0.6) is 0 Å². The predicted molar refractivity (Wildman–Crippen MR) is 91.8 cm³/mol. The average Bonchev–Trinajstić information content (AvgIpc) is 2.62. The highest BCUT2D eigenvalue weighted by Crippen LogP contribution is 2.21. The summed E-state index contributed by atoms with van der Waals surface area (Å²) in [5.74, 6) is 1.21. The summed E-state index contributed by atoms with van der Waals surface area (Å²) in [5.41, 5.74) is 1.39. The van der Waals surface area contributed by atoms with Crippen molar-refractivity contribution in [3.05, 3.63) is 47.9 Å². The lowest BCUT2D eigenvalue weighted by Crippen LogP contribution is -2.33. The minimum atomic E-state index is -0.306. The van der Waals surface area contributed by atoms with Crippen LogP contribution >= 0.6 is 0 Å². The quantitative estimate of drug-likeness (QED) is 0.940. The van der Waals surface area contributed by atoms with Crippen molar-refractivity contribution in [3.63, 3.8) is 0 Å². The number of hydrogen-bond acceptors (Lipinski definition) is 5. The first kappa shape index (κ1) is 15.9. The number of carbonyl (C=O) groups is 1. The van der Waals surface area contributed by atoms with Crippen molar-refractivity contribution < 1.29 is 4.79 Å². The highest BCUT2D eigenvalue weighted by molar-refractivity contribution is 6.03. The van der Waals surface area contributed by atoms with Gasteiger partial charge in [-0.15, -0.1) is 0 Å². The molecule has 3 rings (SSSR count). The van der Waals surface area contributed by atoms with Crippen LogP contribution in [0.4, 0.5) is 11.5 Å². The number of piperidine rings is 1. The summed E-state index contributed by atoms with van der Waals surface area (Å²) < 4.78 is 0. The van der Waals surface area contributed by atoms with Crippen molar-refractivity contribution in [2.45, 2.75) is 19.8 Å².